The summed E-state index contributed by atoms with van der Waals surface area (Å²) in [6, 6.07) is 5.38. The first-order valence-electron chi connectivity index (χ1n) is 3.89. The fourth-order valence-corrected chi connectivity index (χ4v) is 1.95. The molecular weight excluding hydrogens is 286 g/mol. The van der Waals surface area contributed by atoms with Gasteiger partial charge >= 0.3 is 0 Å². The highest BCUT2D eigenvalue weighted by Gasteiger charge is 2.19. The second-order valence-corrected chi connectivity index (χ2v) is 6.65. The second-order valence-electron chi connectivity index (χ2n) is 2.99. The lowest BCUT2D eigenvalue weighted by molar-refractivity contribution is -0.384. The van der Waals surface area contributed by atoms with Crippen molar-refractivity contribution in [3.05, 3.63) is 39.9 Å². The molecule has 5 nitrogen and oxygen atoms in total. The molecule has 1 rings (SSSR count). The molecule has 0 heterocycles. The first-order valence-corrected chi connectivity index (χ1v) is 6.76. The lowest BCUT2D eigenvalue weighted by Gasteiger charge is -2.06. The van der Waals surface area contributed by atoms with Gasteiger partial charge in [0.05, 0.1) is 4.92 Å². The van der Waals surface area contributed by atoms with Crippen molar-refractivity contribution in [1.82, 2.24) is 0 Å². The van der Waals surface area contributed by atoms with Crippen molar-refractivity contribution < 1.29 is 13.3 Å². The summed E-state index contributed by atoms with van der Waals surface area (Å²) in [5.74, 6) is 0. The smallest absolute Gasteiger partial charge is 0.258 e. The van der Waals surface area contributed by atoms with E-state index in [-0.39, 0.29) is 5.69 Å². The standard InChI is InChI=1S/C8H8BrNO4S/c1-15(13,14)8(9)6-2-4-7(5-3-6)10(11)12/h2-5,8H,1H3. The number of benzene rings is 1. The van der Waals surface area contributed by atoms with Gasteiger partial charge in [-0.15, -0.1) is 0 Å². The van der Waals surface area contributed by atoms with Crippen molar-refractivity contribution in [3.63, 3.8) is 0 Å². The maximum atomic E-state index is 11.2. The maximum Gasteiger partial charge on any atom is 0.269 e. The Hall–Kier alpha value is -0.950. The van der Waals surface area contributed by atoms with E-state index in [2.05, 4.69) is 15.9 Å². The van der Waals surface area contributed by atoms with Crippen LogP contribution in [0, 0.1) is 10.1 Å². The van der Waals surface area contributed by atoms with Gasteiger partial charge in [-0.25, -0.2) is 8.42 Å². The van der Waals surface area contributed by atoms with Crippen LogP contribution in [0.4, 0.5) is 5.69 Å². The summed E-state index contributed by atoms with van der Waals surface area (Å²) < 4.78 is 21.5. The summed E-state index contributed by atoms with van der Waals surface area (Å²) >= 11 is 3.01. The Balaban J connectivity index is 3.05. The van der Waals surface area contributed by atoms with E-state index in [0.29, 0.717) is 5.56 Å². The van der Waals surface area contributed by atoms with Gasteiger partial charge in [0.25, 0.3) is 5.69 Å². The van der Waals surface area contributed by atoms with Gasteiger partial charge in [0.1, 0.15) is 4.16 Å². The van der Waals surface area contributed by atoms with Crippen molar-refractivity contribution in [2.24, 2.45) is 0 Å². The van der Waals surface area contributed by atoms with Gasteiger partial charge in [-0.3, -0.25) is 10.1 Å². The van der Waals surface area contributed by atoms with E-state index in [4.69, 9.17) is 0 Å². The van der Waals surface area contributed by atoms with E-state index in [1.807, 2.05) is 0 Å². The minimum Gasteiger partial charge on any atom is -0.258 e. The van der Waals surface area contributed by atoms with Crippen molar-refractivity contribution >= 4 is 31.5 Å². The van der Waals surface area contributed by atoms with E-state index in [1.165, 1.54) is 24.3 Å². The summed E-state index contributed by atoms with van der Waals surface area (Å²) in [6.45, 7) is 0. The average Bonchev–Trinajstić information content (AvgIpc) is 2.15. The van der Waals surface area contributed by atoms with Crippen molar-refractivity contribution in [3.8, 4) is 0 Å². The molecule has 0 saturated carbocycles. The highest BCUT2D eigenvalue weighted by Crippen LogP contribution is 2.29. The Morgan fingerprint density at radius 1 is 1.33 bits per heavy atom. The number of sulfone groups is 1. The molecule has 0 aromatic heterocycles. The molecular formula is C8H8BrNO4S. The number of hydrogen-bond donors (Lipinski definition) is 0. The zero-order valence-electron chi connectivity index (χ0n) is 7.75. The van der Waals surface area contributed by atoms with Gasteiger partial charge in [-0.05, 0) is 5.56 Å². The average molecular weight is 294 g/mol. The predicted octanol–water partition coefficient (Wildman–Crippen LogP) is 2.03. The number of rotatable bonds is 3. The number of nitrogens with zero attached hydrogens (tertiary/aromatic N) is 1. The molecule has 0 aliphatic heterocycles. The van der Waals surface area contributed by atoms with Crippen LogP contribution in [0.25, 0.3) is 0 Å². The molecule has 0 aliphatic carbocycles. The summed E-state index contributed by atoms with van der Waals surface area (Å²) in [4.78, 5) is 9.82. The van der Waals surface area contributed by atoms with Gasteiger partial charge in [-0.1, -0.05) is 28.1 Å². The first kappa shape index (κ1) is 12.1. The number of hydrogen-bond acceptors (Lipinski definition) is 4. The van der Waals surface area contributed by atoms with Gasteiger partial charge in [0.15, 0.2) is 9.84 Å². The molecule has 15 heavy (non-hydrogen) atoms. The van der Waals surface area contributed by atoms with Crippen LogP contribution in [0.1, 0.15) is 9.72 Å². The van der Waals surface area contributed by atoms with Crippen LogP contribution in [0.5, 0.6) is 0 Å². The monoisotopic (exact) mass is 293 g/mol. The topological polar surface area (TPSA) is 77.3 Å². The molecule has 0 N–H and O–H groups in total. The number of nitro groups is 1. The molecule has 0 saturated heterocycles. The number of non-ortho nitro benzene ring substituents is 1. The van der Waals surface area contributed by atoms with Crippen LogP contribution < -0.4 is 0 Å². The van der Waals surface area contributed by atoms with E-state index in [1.54, 1.807) is 0 Å². The summed E-state index contributed by atoms with van der Waals surface area (Å²) in [5, 5.41) is 10.4. The third kappa shape index (κ3) is 3.00. The predicted molar refractivity (Wildman–Crippen MR) is 59.6 cm³/mol. The molecule has 1 atom stereocenters. The van der Waals surface area contributed by atoms with Gasteiger partial charge in [0, 0.05) is 18.4 Å². The van der Waals surface area contributed by atoms with Crippen LogP contribution in [0.15, 0.2) is 24.3 Å². The zero-order valence-corrected chi connectivity index (χ0v) is 10.2. The molecule has 0 bridgehead atoms. The summed E-state index contributed by atoms with van der Waals surface area (Å²) in [6.07, 6.45) is 1.09. The van der Waals surface area contributed by atoms with Crippen molar-refractivity contribution in [2.75, 3.05) is 6.26 Å². The van der Waals surface area contributed by atoms with E-state index < -0.39 is 18.9 Å². The normalized spacial score (nSPS) is 13.5. The molecule has 1 aromatic carbocycles. The van der Waals surface area contributed by atoms with Crippen LogP contribution in [-0.2, 0) is 9.84 Å². The van der Waals surface area contributed by atoms with Crippen LogP contribution in [0.2, 0.25) is 0 Å². The molecule has 0 spiro atoms. The minimum absolute atomic E-state index is 0.0630. The Morgan fingerprint density at radius 3 is 2.13 bits per heavy atom. The molecule has 7 heteroatoms. The second kappa shape index (κ2) is 4.28. The van der Waals surface area contributed by atoms with Crippen LogP contribution >= 0.6 is 15.9 Å². The van der Waals surface area contributed by atoms with E-state index >= 15 is 0 Å². The fraction of sp³-hybridized carbons (Fsp3) is 0.250. The zero-order chi connectivity index (χ0) is 11.6. The minimum atomic E-state index is -3.24. The summed E-state index contributed by atoms with van der Waals surface area (Å²) in [5.41, 5.74) is 0.412. The van der Waals surface area contributed by atoms with Crippen LogP contribution in [-0.4, -0.2) is 19.6 Å². The third-order valence-electron chi connectivity index (χ3n) is 1.74. The Labute approximate surface area is 95.3 Å². The molecule has 0 amide bonds. The molecule has 0 aliphatic rings. The summed E-state index contributed by atoms with van der Waals surface area (Å²) in [7, 11) is -3.24. The van der Waals surface area contributed by atoms with Crippen LogP contribution in [0.3, 0.4) is 0 Å². The Kier molecular flexibility index (Phi) is 3.46. The SMILES string of the molecule is CS(=O)(=O)C(Br)c1ccc([N+](=O)[O-])cc1. The molecule has 0 radical (unpaired) electrons. The largest absolute Gasteiger partial charge is 0.269 e. The quantitative estimate of drug-likeness (QED) is 0.485. The molecule has 1 unspecified atom stereocenters. The van der Waals surface area contributed by atoms with Crippen molar-refractivity contribution in [2.45, 2.75) is 4.16 Å². The number of halogens is 1. The number of alkyl halides is 1. The maximum absolute atomic E-state index is 11.2. The fourth-order valence-electron chi connectivity index (χ4n) is 0.995. The first-order chi connectivity index (χ1) is 6.82. The van der Waals surface area contributed by atoms with E-state index in [0.717, 1.165) is 6.26 Å². The highest BCUT2D eigenvalue weighted by molar-refractivity contribution is 9.10. The lowest BCUT2D eigenvalue weighted by Crippen LogP contribution is -2.04. The van der Waals surface area contributed by atoms with Crippen molar-refractivity contribution in [1.29, 1.82) is 0 Å². The Morgan fingerprint density at radius 2 is 1.80 bits per heavy atom. The van der Waals surface area contributed by atoms with Gasteiger partial charge < -0.3 is 0 Å². The van der Waals surface area contributed by atoms with Gasteiger partial charge in [-0.2, -0.15) is 0 Å². The van der Waals surface area contributed by atoms with E-state index in [9.17, 15) is 18.5 Å². The molecule has 1 aromatic rings. The highest BCUT2D eigenvalue weighted by atomic mass is 79.9. The molecule has 82 valence electrons. The number of nitro benzene ring substituents is 1. The van der Waals surface area contributed by atoms with Gasteiger partial charge in [0.2, 0.25) is 0 Å². The Bertz CT molecular complexity index is 468. The lowest BCUT2D eigenvalue weighted by atomic mass is 10.2. The molecule has 0 fully saturated rings. The third-order valence-corrected chi connectivity index (χ3v) is 5.33.